The number of hydrogen-bond acceptors (Lipinski definition) is 4. The van der Waals surface area contributed by atoms with E-state index in [0.29, 0.717) is 6.61 Å². The van der Waals surface area contributed by atoms with Gasteiger partial charge in [0.15, 0.2) is 5.58 Å². The number of fused-ring (bicyclic) bond motifs is 1. The third-order valence-corrected chi connectivity index (χ3v) is 4.20. The first kappa shape index (κ1) is 12.7. The second-order valence-electron chi connectivity index (χ2n) is 4.06. The van der Waals surface area contributed by atoms with Crippen molar-refractivity contribution in [2.24, 2.45) is 0 Å². The standard InChI is InChI=1S/C14H12BrNO2S/c15-6-2-7-17-11-4-1-3-10(9-11)13-14-12(18-16-13)5-8-19-14/h1,3-5,8-9H,2,6-7H2. The molecule has 0 fully saturated rings. The minimum atomic E-state index is 0.710. The molecule has 0 atom stereocenters. The highest BCUT2D eigenvalue weighted by atomic mass is 79.9. The molecular formula is C14H12BrNO2S. The van der Waals surface area contributed by atoms with Crippen LogP contribution in [0.2, 0.25) is 0 Å². The molecule has 1 aromatic carbocycles. The van der Waals surface area contributed by atoms with Crippen LogP contribution >= 0.6 is 27.3 Å². The quantitative estimate of drug-likeness (QED) is 0.499. The van der Waals surface area contributed by atoms with Crippen LogP contribution < -0.4 is 4.74 Å². The lowest BCUT2D eigenvalue weighted by atomic mass is 10.1. The van der Waals surface area contributed by atoms with Gasteiger partial charge in [0.2, 0.25) is 0 Å². The van der Waals surface area contributed by atoms with Crippen molar-refractivity contribution in [3.8, 4) is 17.0 Å². The van der Waals surface area contributed by atoms with E-state index in [1.54, 1.807) is 11.3 Å². The molecule has 0 unspecified atom stereocenters. The number of halogens is 1. The summed E-state index contributed by atoms with van der Waals surface area (Å²) in [6.07, 6.45) is 0.989. The summed E-state index contributed by atoms with van der Waals surface area (Å²) in [6, 6.07) is 9.91. The molecule has 98 valence electrons. The van der Waals surface area contributed by atoms with E-state index in [1.807, 2.05) is 35.7 Å². The van der Waals surface area contributed by atoms with Gasteiger partial charge in [0.1, 0.15) is 16.1 Å². The maximum absolute atomic E-state index is 5.69. The van der Waals surface area contributed by atoms with Crippen LogP contribution in [0.1, 0.15) is 6.42 Å². The molecule has 0 radical (unpaired) electrons. The van der Waals surface area contributed by atoms with Crippen molar-refractivity contribution >= 4 is 37.5 Å². The van der Waals surface area contributed by atoms with E-state index >= 15 is 0 Å². The predicted octanol–water partition coefficient (Wildman–Crippen LogP) is 4.72. The monoisotopic (exact) mass is 337 g/mol. The van der Waals surface area contributed by atoms with Gasteiger partial charge in [-0.25, -0.2) is 0 Å². The van der Waals surface area contributed by atoms with E-state index in [-0.39, 0.29) is 0 Å². The molecule has 0 aliphatic rings. The normalized spacial score (nSPS) is 11.0. The minimum Gasteiger partial charge on any atom is -0.494 e. The number of benzene rings is 1. The van der Waals surface area contributed by atoms with Gasteiger partial charge in [-0.2, -0.15) is 0 Å². The number of alkyl halides is 1. The zero-order chi connectivity index (χ0) is 13.1. The average molecular weight is 338 g/mol. The Morgan fingerprint density at radius 2 is 2.26 bits per heavy atom. The van der Waals surface area contributed by atoms with E-state index in [0.717, 1.165) is 39.0 Å². The molecule has 0 N–H and O–H groups in total. The van der Waals surface area contributed by atoms with Crippen LogP contribution in [0.4, 0.5) is 0 Å². The Hall–Kier alpha value is -1.33. The first-order valence-electron chi connectivity index (χ1n) is 6.00. The van der Waals surface area contributed by atoms with Gasteiger partial charge < -0.3 is 9.26 Å². The molecule has 0 aliphatic carbocycles. The number of rotatable bonds is 5. The molecule has 5 heteroatoms. The molecule has 19 heavy (non-hydrogen) atoms. The van der Waals surface area contributed by atoms with E-state index in [1.165, 1.54) is 0 Å². The van der Waals surface area contributed by atoms with Crippen molar-refractivity contribution < 1.29 is 9.26 Å². The van der Waals surface area contributed by atoms with E-state index < -0.39 is 0 Å². The van der Waals surface area contributed by atoms with Crippen LogP contribution in [0.5, 0.6) is 5.75 Å². The summed E-state index contributed by atoms with van der Waals surface area (Å²) >= 11 is 5.03. The maximum atomic E-state index is 5.69. The topological polar surface area (TPSA) is 35.3 Å². The number of hydrogen-bond donors (Lipinski definition) is 0. The molecule has 3 nitrogen and oxygen atoms in total. The Labute approximate surface area is 123 Å². The highest BCUT2D eigenvalue weighted by Gasteiger charge is 2.11. The van der Waals surface area contributed by atoms with Crippen LogP contribution in [-0.4, -0.2) is 17.1 Å². The van der Waals surface area contributed by atoms with Crippen LogP contribution in [-0.2, 0) is 0 Å². The molecule has 0 saturated carbocycles. The van der Waals surface area contributed by atoms with Gasteiger partial charge in [-0.3, -0.25) is 0 Å². The zero-order valence-electron chi connectivity index (χ0n) is 10.1. The van der Waals surface area contributed by atoms with E-state index in [4.69, 9.17) is 9.26 Å². The fraction of sp³-hybridized carbons (Fsp3) is 0.214. The first-order chi connectivity index (χ1) is 9.38. The van der Waals surface area contributed by atoms with Crippen molar-refractivity contribution in [2.45, 2.75) is 6.42 Å². The molecule has 3 rings (SSSR count). The highest BCUT2D eigenvalue weighted by molar-refractivity contribution is 9.09. The smallest absolute Gasteiger partial charge is 0.178 e. The van der Waals surface area contributed by atoms with Crippen LogP contribution in [0.15, 0.2) is 40.2 Å². The van der Waals surface area contributed by atoms with Crippen molar-refractivity contribution in [1.29, 1.82) is 0 Å². The van der Waals surface area contributed by atoms with Gasteiger partial charge in [-0.15, -0.1) is 11.3 Å². The summed E-state index contributed by atoms with van der Waals surface area (Å²) < 4.78 is 12.1. The molecule has 0 saturated heterocycles. The highest BCUT2D eigenvalue weighted by Crippen LogP contribution is 2.33. The lowest BCUT2D eigenvalue weighted by molar-refractivity contribution is 0.319. The predicted molar refractivity (Wildman–Crippen MR) is 81.2 cm³/mol. The van der Waals surface area contributed by atoms with Gasteiger partial charge in [0, 0.05) is 10.9 Å². The summed E-state index contributed by atoms with van der Waals surface area (Å²) in [5, 5.41) is 7.10. The molecular weight excluding hydrogens is 326 g/mol. The summed E-state index contributed by atoms with van der Waals surface area (Å²) in [5.41, 5.74) is 2.75. The zero-order valence-corrected chi connectivity index (χ0v) is 12.5. The van der Waals surface area contributed by atoms with Crippen LogP contribution in [0, 0.1) is 0 Å². The lowest BCUT2D eigenvalue weighted by Crippen LogP contribution is -1.97. The second-order valence-corrected chi connectivity index (χ2v) is 5.77. The van der Waals surface area contributed by atoms with Gasteiger partial charge in [0.05, 0.1) is 6.61 Å². The maximum Gasteiger partial charge on any atom is 0.178 e. The number of aromatic nitrogens is 1. The molecule has 3 aromatic rings. The Morgan fingerprint density at radius 1 is 1.32 bits per heavy atom. The third-order valence-electron chi connectivity index (χ3n) is 2.73. The molecule has 2 aromatic heterocycles. The Balaban J connectivity index is 1.89. The number of thiophene rings is 1. The lowest BCUT2D eigenvalue weighted by Gasteiger charge is -2.05. The summed E-state index contributed by atoms with van der Waals surface area (Å²) in [7, 11) is 0. The Morgan fingerprint density at radius 3 is 3.16 bits per heavy atom. The summed E-state index contributed by atoms with van der Waals surface area (Å²) in [5.74, 6) is 0.867. The summed E-state index contributed by atoms with van der Waals surface area (Å²) in [6.45, 7) is 0.710. The van der Waals surface area contributed by atoms with Gasteiger partial charge >= 0.3 is 0 Å². The van der Waals surface area contributed by atoms with Crippen molar-refractivity contribution in [3.63, 3.8) is 0 Å². The Kier molecular flexibility index (Phi) is 3.84. The third kappa shape index (κ3) is 2.67. The largest absolute Gasteiger partial charge is 0.494 e. The number of ether oxygens (including phenoxy) is 1. The first-order valence-corrected chi connectivity index (χ1v) is 8.00. The van der Waals surface area contributed by atoms with E-state index in [9.17, 15) is 0 Å². The molecule has 0 amide bonds. The van der Waals surface area contributed by atoms with Crippen molar-refractivity contribution in [3.05, 3.63) is 35.7 Å². The van der Waals surface area contributed by atoms with Gasteiger partial charge in [-0.1, -0.05) is 33.2 Å². The molecule has 2 heterocycles. The molecule has 0 aliphatic heterocycles. The van der Waals surface area contributed by atoms with Crippen LogP contribution in [0.25, 0.3) is 21.5 Å². The molecule has 0 bridgehead atoms. The SMILES string of the molecule is BrCCCOc1cccc(-c2noc3ccsc23)c1. The number of nitrogens with zero attached hydrogens (tertiary/aromatic N) is 1. The van der Waals surface area contributed by atoms with Crippen molar-refractivity contribution in [1.82, 2.24) is 5.16 Å². The fourth-order valence-electron chi connectivity index (χ4n) is 1.84. The van der Waals surface area contributed by atoms with Gasteiger partial charge in [-0.05, 0) is 30.0 Å². The summed E-state index contributed by atoms with van der Waals surface area (Å²) in [4.78, 5) is 0. The van der Waals surface area contributed by atoms with E-state index in [2.05, 4.69) is 21.1 Å². The second kappa shape index (κ2) is 5.75. The minimum absolute atomic E-state index is 0.710. The molecule has 0 spiro atoms. The van der Waals surface area contributed by atoms with Crippen molar-refractivity contribution in [2.75, 3.05) is 11.9 Å². The average Bonchev–Trinajstić information content (AvgIpc) is 3.01. The van der Waals surface area contributed by atoms with Gasteiger partial charge in [0.25, 0.3) is 0 Å². The Bertz CT molecular complexity index is 677. The fourth-order valence-corrected chi connectivity index (χ4v) is 2.88. The van der Waals surface area contributed by atoms with Crippen LogP contribution in [0.3, 0.4) is 0 Å².